The topological polar surface area (TPSA) is 84.0 Å². The minimum Gasteiger partial charge on any atom is -0.456 e. The van der Waals surface area contributed by atoms with Gasteiger partial charge in [0.05, 0.1) is 11.3 Å². The van der Waals surface area contributed by atoms with Gasteiger partial charge in [-0.3, -0.25) is 9.59 Å². The molecule has 1 fully saturated rings. The van der Waals surface area contributed by atoms with Gasteiger partial charge in [-0.1, -0.05) is 29.8 Å². The Morgan fingerprint density at radius 2 is 1.61 bits per heavy atom. The summed E-state index contributed by atoms with van der Waals surface area (Å²) in [4.78, 5) is 27.0. The van der Waals surface area contributed by atoms with Crippen LogP contribution in [-0.4, -0.2) is 68.0 Å². The first-order chi connectivity index (χ1) is 14.9. The smallest absolute Gasteiger partial charge is 0.307 e. The van der Waals surface area contributed by atoms with E-state index in [1.54, 1.807) is 11.8 Å². The molecule has 0 aliphatic carbocycles. The van der Waals surface area contributed by atoms with E-state index in [-0.39, 0.29) is 50.0 Å². The van der Waals surface area contributed by atoms with Crippen LogP contribution in [0.1, 0.15) is 6.42 Å². The van der Waals surface area contributed by atoms with Crippen molar-refractivity contribution >= 4 is 45.3 Å². The first kappa shape index (κ1) is 23.6. The molecule has 1 saturated heterocycles. The van der Waals surface area contributed by atoms with Crippen molar-refractivity contribution in [2.75, 3.05) is 38.5 Å². The Labute approximate surface area is 191 Å². The number of halogens is 1. The van der Waals surface area contributed by atoms with Crippen LogP contribution in [0.2, 0.25) is 5.02 Å². The van der Waals surface area contributed by atoms with Gasteiger partial charge >= 0.3 is 5.97 Å². The SMILES string of the molecule is O=C(CCSc1ccccc1)OCC(=O)N1CCN(S(=O)(=O)c2ccc(Cl)cc2)CC1. The van der Waals surface area contributed by atoms with Crippen LogP contribution in [0, 0.1) is 0 Å². The van der Waals surface area contributed by atoms with Crippen molar-refractivity contribution in [3.63, 3.8) is 0 Å². The van der Waals surface area contributed by atoms with Gasteiger partial charge in [-0.2, -0.15) is 4.31 Å². The molecule has 10 heteroatoms. The van der Waals surface area contributed by atoms with E-state index in [0.29, 0.717) is 10.8 Å². The average Bonchev–Trinajstić information content (AvgIpc) is 2.78. The number of amides is 1. The molecule has 2 aromatic rings. The number of thioether (sulfide) groups is 1. The Kier molecular flexibility index (Phi) is 8.36. The third-order valence-electron chi connectivity index (χ3n) is 4.72. The second-order valence-electron chi connectivity index (χ2n) is 6.81. The molecule has 1 amide bonds. The average molecular weight is 483 g/mol. The molecule has 0 N–H and O–H groups in total. The molecule has 3 rings (SSSR count). The summed E-state index contributed by atoms with van der Waals surface area (Å²) in [5, 5.41) is 0.461. The number of hydrogen-bond acceptors (Lipinski definition) is 6. The lowest BCUT2D eigenvalue weighted by atomic mass is 10.3. The normalized spacial score (nSPS) is 14.9. The van der Waals surface area contributed by atoms with Crippen LogP contribution in [0.15, 0.2) is 64.4 Å². The Hall–Kier alpha value is -2.07. The van der Waals surface area contributed by atoms with E-state index in [0.717, 1.165) is 4.90 Å². The van der Waals surface area contributed by atoms with Crippen molar-refractivity contribution in [3.8, 4) is 0 Å². The van der Waals surface area contributed by atoms with Crippen LogP contribution in [0.3, 0.4) is 0 Å². The zero-order chi connectivity index (χ0) is 22.3. The Morgan fingerprint density at radius 1 is 0.968 bits per heavy atom. The molecule has 0 aromatic heterocycles. The number of ether oxygens (including phenoxy) is 1. The lowest BCUT2D eigenvalue weighted by Crippen LogP contribution is -2.51. The Bertz CT molecular complexity index is 992. The van der Waals surface area contributed by atoms with E-state index < -0.39 is 16.0 Å². The predicted molar refractivity (Wildman–Crippen MR) is 120 cm³/mol. The summed E-state index contributed by atoms with van der Waals surface area (Å²) < 4.78 is 31.8. The van der Waals surface area contributed by atoms with Crippen molar-refractivity contribution in [1.29, 1.82) is 0 Å². The van der Waals surface area contributed by atoms with Gasteiger partial charge in [0.1, 0.15) is 0 Å². The minimum atomic E-state index is -3.64. The first-order valence-electron chi connectivity index (χ1n) is 9.73. The fourth-order valence-corrected chi connectivity index (χ4v) is 5.41. The first-order valence-corrected chi connectivity index (χ1v) is 12.5. The van der Waals surface area contributed by atoms with E-state index in [2.05, 4.69) is 0 Å². The number of carbonyl (C=O) groups excluding carboxylic acids is 2. The van der Waals surface area contributed by atoms with Crippen LogP contribution in [0.5, 0.6) is 0 Å². The van der Waals surface area contributed by atoms with Crippen molar-refractivity contribution in [1.82, 2.24) is 9.21 Å². The highest BCUT2D eigenvalue weighted by Crippen LogP contribution is 2.20. The van der Waals surface area contributed by atoms with Crippen LogP contribution < -0.4 is 0 Å². The number of nitrogens with zero attached hydrogens (tertiary/aromatic N) is 2. The number of benzene rings is 2. The van der Waals surface area contributed by atoms with Crippen LogP contribution in [-0.2, 0) is 24.3 Å². The molecule has 2 aromatic carbocycles. The zero-order valence-corrected chi connectivity index (χ0v) is 19.2. The van der Waals surface area contributed by atoms with Gasteiger partial charge in [-0.05, 0) is 36.4 Å². The van der Waals surface area contributed by atoms with Gasteiger partial charge in [0.25, 0.3) is 5.91 Å². The van der Waals surface area contributed by atoms with Crippen molar-refractivity contribution in [2.45, 2.75) is 16.2 Å². The lowest BCUT2D eigenvalue weighted by molar-refractivity contribution is -0.152. The summed E-state index contributed by atoms with van der Waals surface area (Å²) in [6.07, 6.45) is 0.208. The second-order valence-corrected chi connectivity index (χ2v) is 10.4. The molecule has 0 spiro atoms. The second kappa shape index (κ2) is 11.0. The van der Waals surface area contributed by atoms with Crippen LogP contribution >= 0.6 is 23.4 Å². The van der Waals surface area contributed by atoms with E-state index in [1.807, 2.05) is 30.3 Å². The molecule has 0 radical (unpaired) electrons. The maximum absolute atomic E-state index is 12.7. The summed E-state index contributed by atoms with van der Waals surface area (Å²) in [5.41, 5.74) is 0. The number of carbonyl (C=O) groups is 2. The molecule has 1 aliphatic heterocycles. The monoisotopic (exact) mass is 482 g/mol. The molecule has 0 unspecified atom stereocenters. The fourth-order valence-electron chi connectivity index (χ4n) is 3.01. The predicted octanol–water partition coefficient (Wildman–Crippen LogP) is 2.90. The number of esters is 1. The highest BCUT2D eigenvalue weighted by molar-refractivity contribution is 7.99. The number of rotatable bonds is 8. The van der Waals surface area contributed by atoms with Gasteiger partial charge in [0.15, 0.2) is 6.61 Å². The quantitative estimate of drug-likeness (QED) is 0.425. The molecule has 1 aliphatic rings. The number of hydrogen-bond donors (Lipinski definition) is 0. The summed E-state index contributed by atoms with van der Waals surface area (Å²) in [6.45, 7) is 0.510. The standard InChI is InChI=1S/C21H23ClN2O5S2/c22-17-6-8-19(9-7-17)31(27,28)24-13-11-23(12-14-24)20(25)16-29-21(26)10-15-30-18-4-2-1-3-5-18/h1-9H,10-16H2. The van der Waals surface area contributed by atoms with Gasteiger partial charge in [0.2, 0.25) is 10.0 Å². The molecule has 7 nitrogen and oxygen atoms in total. The summed E-state index contributed by atoms with van der Waals surface area (Å²) in [7, 11) is -3.64. The molecule has 0 saturated carbocycles. The van der Waals surface area contributed by atoms with Crippen molar-refractivity contribution in [3.05, 3.63) is 59.6 Å². The van der Waals surface area contributed by atoms with E-state index in [9.17, 15) is 18.0 Å². The van der Waals surface area contributed by atoms with E-state index in [4.69, 9.17) is 16.3 Å². The largest absolute Gasteiger partial charge is 0.456 e. The molecule has 31 heavy (non-hydrogen) atoms. The molecule has 0 bridgehead atoms. The molecule has 1 heterocycles. The van der Waals surface area contributed by atoms with Crippen LogP contribution in [0.4, 0.5) is 0 Å². The van der Waals surface area contributed by atoms with Crippen molar-refractivity contribution < 1.29 is 22.7 Å². The minimum absolute atomic E-state index is 0.166. The van der Waals surface area contributed by atoms with E-state index >= 15 is 0 Å². The third kappa shape index (κ3) is 6.70. The molecule has 166 valence electrons. The molecular formula is C21H23ClN2O5S2. The summed E-state index contributed by atoms with van der Waals surface area (Å²) >= 11 is 7.37. The third-order valence-corrected chi connectivity index (χ3v) is 7.90. The highest BCUT2D eigenvalue weighted by atomic mass is 35.5. The molecular weight excluding hydrogens is 460 g/mol. The summed E-state index contributed by atoms with van der Waals surface area (Å²) in [5.74, 6) is -0.188. The fraction of sp³-hybridized carbons (Fsp3) is 0.333. The van der Waals surface area contributed by atoms with Gasteiger partial charge in [0, 0.05) is 41.8 Å². The highest BCUT2D eigenvalue weighted by Gasteiger charge is 2.30. The van der Waals surface area contributed by atoms with Crippen LogP contribution in [0.25, 0.3) is 0 Å². The van der Waals surface area contributed by atoms with E-state index in [1.165, 1.54) is 33.5 Å². The van der Waals surface area contributed by atoms with Crippen molar-refractivity contribution in [2.24, 2.45) is 0 Å². The zero-order valence-electron chi connectivity index (χ0n) is 16.8. The maximum atomic E-state index is 12.7. The van der Waals surface area contributed by atoms with Gasteiger partial charge < -0.3 is 9.64 Å². The number of sulfonamides is 1. The Morgan fingerprint density at radius 3 is 2.26 bits per heavy atom. The maximum Gasteiger partial charge on any atom is 0.307 e. The van der Waals surface area contributed by atoms with Gasteiger partial charge in [-0.25, -0.2) is 8.42 Å². The summed E-state index contributed by atoms with van der Waals surface area (Å²) in [6, 6.07) is 15.7. The number of piperazine rings is 1. The molecule has 0 atom stereocenters. The Balaban J connectivity index is 1.39. The lowest BCUT2D eigenvalue weighted by Gasteiger charge is -2.33. The van der Waals surface area contributed by atoms with Gasteiger partial charge in [-0.15, -0.1) is 11.8 Å².